The van der Waals surface area contributed by atoms with Crippen molar-refractivity contribution in [2.75, 3.05) is 46.1 Å². The van der Waals surface area contributed by atoms with E-state index >= 15 is 0 Å². The highest BCUT2D eigenvalue weighted by Gasteiger charge is 2.47. The number of benzene rings is 2. The number of hydrogen-bond acceptors (Lipinski definition) is 5. The zero-order chi connectivity index (χ0) is 24.2. The van der Waals surface area contributed by atoms with Crippen LogP contribution in [0.4, 0.5) is 0 Å². The largest absolute Gasteiger partial charge is 0.492 e. The van der Waals surface area contributed by atoms with Gasteiger partial charge in [0.05, 0.1) is 5.75 Å². The van der Waals surface area contributed by atoms with E-state index < -0.39 is 10.0 Å². The molecule has 7 heteroatoms. The van der Waals surface area contributed by atoms with Crippen molar-refractivity contribution in [1.29, 1.82) is 0 Å². The number of nitrogens with zero attached hydrogens (tertiary/aromatic N) is 1. The summed E-state index contributed by atoms with van der Waals surface area (Å²) in [6, 6.07) is 15.7. The standard InChI is InChI=1S/C27H39N3O3S/c1-21-6-9-23(10-7-21)27(13-4-14-27)26-25-20-24(11-8-22(25)12-15-28-26)33-18-16-29-34(31,32)19-5-17-30(2)3/h6-11,20,26,28-29H,4-5,12-19H2,1-3H3. The Balaban J connectivity index is 1.41. The summed E-state index contributed by atoms with van der Waals surface area (Å²) >= 11 is 0. The van der Waals surface area contributed by atoms with Gasteiger partial charge in [0, 0.05) is 18.0 Å². The molecule has 1 aliphatic carbocycles. The minimum Gasteiger partial charge on any atom is -0.492 e. The third-order valence-electron chi connectivity index (χ3n) is 7.31. The van der Waals surface area contributed by atoms with Crippen LogP contribution in [0.1, 0.15) is 54.0 Å². The second kappa shape index (κ2) is 10.8. The molecular formula is C27H39N3O3S. The molecule has 2 aromatic carbocycles. The molecule has 186 valence electrons. The quantitative estimate of drug-likeness (QED) is 0.477. The number of aryl methyl sites for hydroxylation is 1. The molecule has 2 N–H and O–H groups in total. The monoisotopic (exact) mass is 485 g/mol. The molecule has 1 heterocycles. The number of rotatable bonds is 11. The second-order valence-corrected chi connectivity index (χ2v) is 12.0. The highest BCUT2D eigenvalue weighted by atomic mass is 32.2. The number of nitrogens with one attached hydrogen (secondary N) is 2. The van der Waals surface area contributed by atoms with Crippen LogP contribution in [0.15, 0.2) is 42.5 Å². The summed E-state index contributed by atoms with van der Waals surface area (Å²) in [5.41, 5.74) is 5.55. The van der Waals surface area contributed by atoms with E-state index in [1.165, 1.54) is 41.5 Å². The maximum Gasteiger partial charge on any atom is 0.211 e. The predicted molar refractivity (Wildman–Crippen MR) is 138 cm³/mol. The third kappa shape index (κ3) is 5.82. The Morgan fingerprint density at radius 3 is 2.59 bits per heavy atom. The van der Waals surface area contributed by atoms with Crippen LogP contribution in [-0.2, 0) is 21.9 Å². The van der Waals surface area contributed by atoms with Crippen LogP contribution >= 0.6 is 0 Å². The highest BCUT2D eigenvalue weighted by Crippen LogP contribution is 2.53. The van der Waals surface area contributed by atoms with Gasteiger partial charge >= 0.3 is 0 Å². The molecule has 1 unspecified atom stereocenters. The van der Waals surface area contributed by atoms with Crippen molar-refractivity contribution in [1.82, 2.24) is 14.9 Å². The molecule has 34 heavy (non-hydrogen) atoms. The molecule has 2 aromatic rings. The molecule has 2 aliphatic rings. The minimum absolute atomic E-state index is 0.129. The molecule has 1 atom stereocenters. The minimum atomic E-state index is -3.27. The summed E-state index contributed by atoms with van der Waals surface area (Å²) in [5.74, 6) is 0.941. The lowest BCUT2D eigenvalue weighted by Crippen LogP contribution is -2.49. The van der Waals surface area contributed by atoms with Crippen molar-refractivity contribution < 1.29 is 13.2 Å². The van der Waals surface area contributed by atoms with Crippen molar-refractivity contribution >= 4 is 10.0 Å². The Morgan fingerprint density at radius 2 is 1.91 bits per heavy atom. The molecule has 4 rings (SSSR count). The van der Waals surface area contributed by atoms with E-state index in [1.807, 2.05) is 25.1 Å². The van der Waals surface area contributed by atoms with Crippen LogP contribution < -0.4 is 14.8 Å². The third-order valence-corrected chi connectivity index (χ3v) is 8.78. The lowest BCUT2D eigenvalue weighted by molar-refractivity contribution is 0.164. The van der Waals surface area contributed by atoms with E-state index in [9.17, 15) is 8.42 Å². The second-order valence-electron chi connectivity index (χ2n) is 10.1. The molecular weight excluding hydrogens is 446 g/mol. The molecule has 1 fully saturated rings. The van der Waals surface area contributed by atoms with E-state index in [2.05, 4.69) is 53.4 Å². The topological polar surface area (TPSA) is 70.7 Å². The first-order valence-corrected chi connectivity index (χ1v) is 14.1. The number of fused-ring (bicyclic) bond motifs is 1. The zero-order valence-corrected chi connectivity index (χ0v) is 21.6. The smallest absolute Gasteiger partial charge is 0.211 e. The molecule has 1 aliphatic heterocycles. The summed E-state index contributed by atoms with van der Waals surface area (Å²) < 4.78 is 33.0. The van der Waals surface area contributed by atoms with Gasteiger partial charge in [0.25, 0.3) is 0 Å². The average molecular weight is 486 g/mol. The molecule has 0 saturated heterocycles. The van der Waals surface area contributed by atoms with Crippen LogP contribution in [0.25, 0.3) is 0 Å². The van der Waals surface area contributed by atoms with Gasteiger partial charge in [0.2, 0.25) is 10.0 Å². The average Bonchev–Trinajstić information content (AvgIpc) is 2.77. The molecule has 1 saturated carbocycles. The molecule has 0 aromatic heterocycles. The van der Waals surface area contributed by atoms with Crippen LogP contribution in [0, 0.1) is 6.92 Å². The predicted octanol–water partition coefficient (Wildman–Crippen LogP) is 3.55. The van der Waals surface area contributed by atoms with Crippen LogP contribution in [0.3, 0.4) is 0 Å². The maximum atomic E-state index is 12.2. The van der Waals surface area contributed by atoms with Gasteiger partial charge in [0.15, 0.2) is 0 Å². The molecule has 0 radical (unpaired) electrons. The number of hydrogen-bond donors (Lipinski definition) is 2. The summed E-state index contributed by atoms with van der Waals surface area (Å²) in [6.45, 7) is 4.47. The lowest BCUT2D eigenvalue weighted by Gasteiger charge is -2.50. The Kier molecular flexibility index (Phi) is 7.97. The van der Waals surface area contributed by atoms with E-state index in [0.717, 1.165) is 25.3 Å². The summed E-state index contributed by atoms with van der Waals surface area (Å²) in [7, 11) is 0.619. The van der Waals surface area contributed by atoms with Gasteiger partial charge in [-0.15, -0.1) is 0 Å². The van der Waals surface area contributed by atoms with Gasteiger partial charge in [-0.3, -0.25) is 0 Å². The van der Waals surface area contributed by atoms with Crippen molar-refractivity contribution in [3.05, 3.63) is 64.7 Å². The van der Waals surface area contributed by atoms with Gasteiger partial charge in [0.1, 0.15) is 12.4 Å². The highest BCUT2D eigenvalue weighted by molar-refractivity contribution is 7.89. The van der Waals surface area contributed by atoms with Gasteiger partial charge < -0.3 is 15.0 Å². The Labute approximate surface area is 205 Å². The Hall–Kier alpha value is -1.93. The number of ether oxygens (including phenoxy) is 1. The van der Waals surface area contributed by atoms with E-state index in [4.69, 9.17) is 4.74 Å². The van der Waals surface area contributed by atoms with Crippen molar-refractivity contribution in [2.45, 2.75) is 50.5 Å². The van der Waals surface area contributed by atoms with Crippen molar-refractivity contribution in [3.63, 3.8) is 0 Å². The van der Waals surface area contributed by atoms with Crippen LogP contribution in [-0.4, -0.2) is 59.4 Å². The van der Waals surface area contributed by atoms with Gasteiger partial charge in [-0.2, -0.15) is 0 Å². The summed E-state index contributed by atoms with van der Waals surface area (Å²) in [5, 5.41) is 3.82. The first-order valence-electron chi connectivity index (χ1n) is 12.5. The van der Waals surface area contributed by atoms with Gasteiger partial charge in [-0.25, -0.2) is 13.1 Å². The lowest BCUT2D eigenvalue weighted by atomic mass is 9.58. The fourth-order valence-electron chi connectivity index (χ4n) is 5.31. The van der Waals surface area contributed by atoms with Gasteiger partial charge in [-0.1, -0.05) is 42.3 Å². The molecule has 0 spiro atoms. The SMILES string of the molecule is Cc1ccc(C2(C3NCCc4ccc(OCCNS(=O)(=O)CCCN(C)C)cc43)CCC2)cc1. The fraction of sp³-hybridized carbons (Fsp3) is 0.556. The van der Waals surface area contributed by atoms with Crippen molar-refractivity contribution in [3.8, 4) is 5.75 Å². The van der Waals surface area contributed by atoms with E-state index in [-0.39, 0.29) is 23.8 Å². The number of sulfonamides is 1. The van der Waals surface area contributed by atoms with Gasteiger partial charge in [-0.05, 0) is 88.6 Å². The normalized spacial score (nSPS) is 19.5. The molecule has 6 nitrogen and oxygen atoms in total. The first-order chi connectivity index (χ1) is 16.3. The first kappa shape index (κ1) is 25.2. The zero-order valence-electron chi connectivity index (χ0n) is 20.8. The Morgan fingerprint density at radius 1 is 1.15 bits per heavy atom. The molecule has 0 bridgehead atoms. The summed E-state index contributed by atoms with van der Waals surface area (Å²) in [4.78, 5) is 1.99. The molecule has 0 amide bonds. The maximum absolute atomic E-state index is 12.2. The van der Waals surface area contributed by atoms with E-state index in [1.54, 1.807) is 0 Å². The van der Waals surface area contributed by atoms with Crippen LogP contribution in [0.5, 0.6) is 5.75 Å². The van der Waals surface area contributed by atoms with E-state index in [0.29, 0.717) is 13.0 Å². The fourth-order valence-corrected chi connectivity index (χ4v) is 6.36. The summed E-state index contributed by atoms with van der Waals surface area (Å²) in [6.07, 6.45) is 5.27. The van der Waals surface area contributed by atoms with Crippen LogP contribution in [0.2, 0.25) is 0 Å². The van der Waals surface area contributed by atoms with Crippen molar-refractivity contribution in [2.24, 2.45) is 0 Å². The Bertz CT molecular complexity index is 1060.